The molecule has 1 atom stereocenters. The number of aromatic carboxylic acids is 1. The molecular formula is C18H22BN3O7. The van der Waals surface area contributed by atoms with E-state index in [1.165, 1.54) is 17.0 Å². The molecule has 0 aliphatic carbocycles. The van der Waals surface area contributed by atoms with Crippen molar-refractivity contribution in [3.05, 3.63) is 35.0 Å². The smallest absolute Gasteiger partial charge is 0.451 e. The van der Waals surface area contributed by atoms with Crippen molar-refractivity contribution in [1.29, 1.82) is 0 Å². The van der Waals surface area contributed by atoms with E-state index in [4.69, 9.17) is 20.5 Å². The van der Waals surface area contributed by atoms with Crippen molar-refractivity contribution < 1.29 is 34.6 Å². The monoisotopic (exact) mass is 403 g/mol. The van der Waals surface area contributed by atoms with Crippen LogP contribution in [-0.2, 0) is 11.2 Å². The quantitative estimate of drug-likeness (QED) is 0.358. The lowest BCUT2D eigenvalue weighted by atomic mass is 9.82. The molecule has 1 fully saturated rings. The number of allylic oxidation sites excluding steroid dienone is 1. The van der Waals surface area contributed by atoms with Gasteiger partial charge in [-0.05, 0) is 24.4 Å². The van der Waals surface area contributed by atoms with Crippen molar-refractivity contribution in [3.63, 3.8) is 0 Å². The normalized spacial score (nSPS) is 16.9. The summed E-state index contributed by atoms with van der Waals surface area (Å²) in [5, 5.41) is 37.6. The zero-order valence-electron chi connectivity index (χ0n) is 15.6. The molecule has 154 valence electrons. The molecule has 6 N–H and O–H groups in total. The Balaban J connectivity index is 1.64. The largest absolute Gasteiger partial charge is 0.507 e. The molecule has 10 nitrogen and oxygen atoms in total. The number of hydrogen-bond acceptors (Lipinski definition) is 8. The van der Waals surface area contributed by atoms with Gasteiger partial charge in [-0.3, -0.25) is 9.79 Å². The molecule has 1 amide bonds. The van der Waals surface area contributed by atoms with E-state index >= 15 is 0 Å². The highest BCUT2D eigenvalue weighted by atomic mass is 16.5. The Labute approximate surface area is 167 Å². The van der Waals surface area contributed by atoms with Crippen LogP contribution in [0, 0.1) is 0 Å². The van der Waals surface area contributed by atoms with Gasteiger partial charge >= 0.3 is 13.1 Å². The van der Waals surface area contributed by atoms with Crippen LogP contribution < -0.4 is 10.5 Å². The van der Waals surface area contributed by atoms with Gasteiger partial charge < -0.3 is 35.6 Å². The Morgan fingerprint density at radius 1 is 1.34 bits per heavy atom. The van der Waals surface area contributed by atoms with Gasteiger partial charge in [-0.15, -0.1) is 0 Å². The standard InChI is InChI=1S/C18H22BN3O7/c20-15(12-2-1-7-21-12)17(24)22-8-11(9-22)29-13-4-3-10(5-6-19(27)28)16(23)14(13)18(25)26/h2-4,7,11,15,23,27-28H,1,5-6,8-9,20H2,(H,25,26). The van der Waals surface area contributed by atoms with E-state index < -0.39 is 36.5 Å². The van der Waals surface area contributed by atoms with Crippen LogP contribution in [0.5, 0.6) is 11.5 Å². The van der Waals surface area contributed by atoms with Crippen LogP contribution in [0.4, 0.5) is 0 Å². The maximum absolute atomic E-state index is 12.4. The minimum Gasteiger partial charge on any atom is -0.507 e. The summed E-state index contributed by atoms with van der Waals surface area (Å²) >= 11 is 0. The number of aryl methyl sites for hydroxylation is 1. The lowest BCUT2D eigenvalue weighted by molar-refractivity contribution is -0.140. The number of benzene rings is 1. The molecule has 1 saturated heterocycles. The molecule has 0 aromatic heterocycles. The fourth-order valence-corrected chi connectivity index (χ4v) is 3.19. The number of nitrogens with two attached hydrogens (primary N) is 1. The first kappa shape index (κ1) is 20.8. The first-order valence-corrected chi connectivity index (χ1v) is 9.15. The lowest BCUT2D eigenvalue weighted by Crippen LogP contribution is -2.60. The van der Waals surface area contributed by atoms with Gasteiger partial charge in [0.15, 0.2) is 0 Å². The Morgan fingerprint density at radius 3 is 2.66 bits per heavy atom. The average molecular weight is 403 g/mol. The molecule has 0 saturated carbocycles. The van der Waals surface area contributed by atoms with E-state index in [0.717, 1.165) is 0 Å². The first-order chi connectivity index (χ1) is 13.8. The zero-order valence-corrected chi connectivity index (χ0v) is 15.6. The van der Waals surface area contributed by atoms with Gasteiger partial charge in [0.1, 0.15) is 29.2 Å². The van der Waals surface area contributed by atoms with Gasteiger partial charge in [-0.2, -0.15) is 0 Å². The molecule has 2 aliphatic heterocycles. The van der Waals surface area contributed by atoms with Gasteiger partial charge in [0, 0.05) is 12.6 Å². The summed E-state index contributed by atoms with van der Waals surface area (Å²) in [5.41, 5.74) is 6.32. The number of amides is 1. The SMILES string of the molecule is NC(C(=O)N1CC(Oc2ccc(CCB(O)O)c(O)c2C(=O)O)C1)C1=CCC=N1. The highest BCUT2D eigenvalue weighted by Gasteiger charge is 2.37. The summed E-state index contributed by atoms with van der Waals surface area (Å²) in [7, 11) is -1.56. The molecule has 0 radical (unpaired) electrons. The van der Waals surface area contributed by atoms with Crippen molar-refractivity contribution in [2.45, 2.75) is 31.3 Å². The molecule has 0 spiro atoms. The maximum Gasteiger partial charge on any atom is 0.451 e. The summed E-state index contributed by atoms with van der Waals surface area (Å²) in [5.74, 6) is -2.15. The van der Waals surface area contributed by atoms with Crippen LogP contribution in [0.25, 0.3) is 0 Å². The maximum atomic E-state index is 12.4. The molecule has 1 aromatic rings. The molecule has 0 bridgehead atoms. The number of carbonyl (C=O) groups excluding carboxylic acids is 1. The number of phenols is 1. The number of rotatable bonds is 8. The van der Waals surface area contributed by atoms with Gasteiger partial charge in [-0.25, -0.2) is 4.79 Å². The average Bonchev–Trinajstić information content (AvgIpc) is 3.16. The van der Waals surface area contributed by atoms with Crippen molar-refractivity contribution in [2.24, 2.45) is 10.7 Å². The number of carboxylic acids is 1. The minimum absolute atomic E-state index is 0.0206. The van der Waals surface area contributed by atoms with Crippen LogP contribution in [-0.4, -0.2) is 75.6 Å². The molecular weight excluding hydrogens is 381 g/mol. The van der Waals surface area contributed by atoms with Crippen LogP contribution in [0.3, 0.4) is 0 Å². The number of hydrogen-bond donors (Lipinski definition) is 5. The fourth-order valence-electron chi connectivity index (χ4n) is 3.19. The number of aliphatic imine (C=N–C) groups is 1. The van der Waals surface area contributed by atoms with Crippen LogP contribution >= 0.6 is 0 Å². The molecule has 11 heteroatoms. The third-order valence-electron chi connectivity index (χ3n) is 4.82. The Hall–Kier alpha value is -2.89. The van der Waals surface area contributed by atoms with Gasteiger partial charge in [0.25, 0.3) is 0 Å². The summed E-state index contributed by atoms with van der Waals surface area (Å²) in [4.78, 5) is 29.5. The number of aromatic hydroxyl groups is 1. The summed E-state index contributed by atoms with van der Waals surface area (Å²) in [6.45, 7) is 0.476. The Bertz CT molecular complexity index is 865. The molecule has 1 unspecified atom stereocenters. The number of carbonyl (C=O) groups is 2. The first-order valence-electron chi connectivity index (χ1n) is 9.15. The van der Waals surface area contributed by atoms with Crippen molar-refractivity contribution in [3.8, 4) is 11.5 Å². The molecule has 1 aromatic carbocycles. The number of carboxylic acid groups (broad SMARTS) is 1. The summed E-state index contributed by atoms with van der Waals surface area (Å²) in [6, 6.07) is 2.05. The topological polar surface area (TPSA) is 166 Å². The second-order valence-corrected chi connectivity index (χ2v) is 6.91. The number of likely N-dealkylation sites (tertiary alicyclic amines) is 1. The number of ether oxygens (including phenoxy) is 1. The van der Waals surface area contributed by atoms with Crippen molar-refractivity contribution in [2.75, 3.05) is 13.1 Å². The molecule has 29 heavy (non-hydrogen) atoms. The second kappa shape index (κ2) is 8.64. The minimum atomic E-state index is -1.56. The van der Waals surface area contributed by atoms with Gasteiger partial charge in [0.05, 0.1) is 18.8 Å². The Kier molecular flexibility index (Phi) is 6.21. The fraction of sp³-hybridized carbons (Fsp3) is 0.389. The predicted octanol–water partition coefficient (Wildman–Crippen LogP) is -0.619. The van der Waals surface area contributed by atoms with Crippen LogP contribution in [0.2, 0.25) is 6.32 Å². The van der Waals surface area contributed by atoms with Crippen LogP contribution in [0.15, 0.2) is 28.9 Å². The number of nitrogens with zero attached hydrogens (tertiary/aromatic N) is 2. The van der Waals surface area contributed by atoms with E-state index in [1.807, 2.05) is 0 Å². The highest BCUT2D eigenvalue weighted by Crippen LogP contribution is 2.34. The van der Waals surface area contributed by atoms with Gasteiger partial charge in [-0.1, -0.05) is 12.1 Å². The second-order valence-electron chi connectivity index (χ2n) is 6.91. The summed E-state index contributed by atoms with van der Waals surface area (Å²) < 4.78 is 5.67. The molecule has 3 rings (SSSR count). The highest BCUT2D eigenvalue weighted by molar-refractivity contribution is 6.41. The molecule has 2 aliphatic rings. The Morgan fingerprint density at radius 2 is 2.07 bits per heavy atom. The van der Waals surface area contributed by atoms with Crippen LogP contribution in [0.1, 0.15) is 22.3 Å². The van der Waals surface area contributed by atoms with Crippen molar-refractivity contribution >= 4 is 25.2 Å². The predicted molar refractivity (Wildman–Crippen MR) is 104 cm³/mol. The summed E-state index contributed by atoms with van der Waals surface area (Å²) in [6.07, 6.45) is 3.72. The third kappa shape index (κ3) is 4.58. The van der Waals surface area contributed by atoms with Gasteiger partial charge in [0.2, 0.25) is 5.91 Å². The van der Waals surface area contributed by atoms with E-state index in [9.17, 15) is 19.8 Å². The zero-order chi connectivity index (χ0) is 21.1. The van der Waals surface area contributed by atoms with Crippen molar-refractivity contribution in [1.82, 2.24) is 4.90 Å². The third-order valence-corrected chi connectivity index (χ3v) is 4.82. The van der Waals surface area contributed by atoms with E-state index in [-0.39, 0.29) is 43.1 Å². The van der Waals surface area contributed by atoms with E-state index in [2.05, 4.69) is 4.99 Å². The lowest BCUT2D eigenvalue weighted by Gasteiger charge is -2.40. The van der Waals surface area contributed by atoms with E-state index in [0.29, 0.717) is 12.1 Å². The van der Waals surface area contributed by atoms with E-state index in [1.54, 1.807) is 12.3 Å². The molecule has 2 heterocycles.